The van der Waals surface area contributed by atoms with Crippen LogP contribution < -0.4 is 35.7 Å². The third-order valence-electron chi connectivity index (χ3n) is 14.8. The van der Waals surface area contributed by atoms with Gasteiger partial charge in [0.05, 0.1) is 44.4 Å². The van der Waals surface area contributed by atoms with E-state index in [-0.39, 0.29) is 75.7 Å². The van der Waals surface area contributed by atoms with Crippen molar-refractivity contribution in [3.8, 4) is 11.5 Å². The summed E-state index contributed by atoms with van der Waals surface area (Å²) in [5.74, 6) is -3.13. The Morgan fingerprint density at radius 2 is 1.16 bits per heavy atom. The van der Waals surface area contributed by atoms with E-state index in [1.165, 1.54) is 23.1 Å². The van der Waals surface area contributed by atoms with Crippen LogP contribution in [-0.2, 0) is 44.8 Å². The second-order valence-electron chi connectivity index (χ2n) is 25.1. The number of amides is 8. The van der Waals surface area contributed by atoms with Gasteiger partial charge in [0.1, 0.15) is 23.0 Å². The molecule has 20 nitrogen and oxygen atoms in total. The maximum Gasteiger partial charge on any atom is 0.330 e. The molecule has 98 heavy (non-hydrogen) atoms. The molecule has 0 spiro atoms. The van der Waals surface area contributed by atoms with E-state index in [1.54, 1.807) is 109 Å². The molecule has 2 aliphatic rings. The maximum absolute atomic E-state index is 13.5. The summed E-state index contributed by atoms with van der Waals surface area (Å²) >= 11 is 30.7. The van der Waals surface area contributed by atoms with E-state index in [0.717, 1.165) is 43.3 Å². The Hall–Kier alpha value is -9.15. The first kappa shape index (κ1) is 76.2. The third-order valence-corrected chi connectivity index (χ3v) is 16.2. The number of halogens is 5. The van der Waals surface area contributed by atoms with Crippen molar-refractivity contribution >= 4 is 140 Å². The summed E-state index contributed by atoms with van der Waals surface area (Å²) in [7, 11) is 0. The fourth-order valence-corrected chi connectivity index (χ4v) is 11.0. The number of hydrazone groups is 1. The summed E-state index contributed by atoms with van der Waals surface area (Å²) in [6.07, 6.45) is -2.68. The van der Waals surface area contributed by atoms with Crippen LogP contribution in [0.5, 0.6) is 11.5 Å². The van der Waals surface area contributed by atoms with E-state index in [2.05, 4.69) is 26.4 Å². The molecule has 0 aromatic heterocycles. The average Bonchev–Trinajstić information content (AvgIpc) is 1.60. The Morgan fingerprint density at radius 3 is 1.73 bits per heavy atom. The van der Waals surface area contributed by atoms with Crippen molar-refractivity contribution in [1.29, 1.82) is 0 Å². The highest BCUT2D eigenvalue weighted by Gasteiger charge is 2.54. The summed E-state index contributed by atoms with van der Waals surface area (Å²) in [5.41, 5.74) is 5.47. The molecule has 0 saturated carbocycles. The molecule has 4 N–H and O–H groups in total. The largest absolute Gasteiger partial charge is 0.483 e. The molecule has 514 valence electrons. The van der Waals surface area contributed by atoms with Crippen LogP contribution >= 0.6 is 58.0 Å². The van der Waals surface area contributed by atoms with Gasteiger partial charge in [-0.2, -0.15) is 10.1 Å². The Bertz CT molecular complexity index is 4190. The molecule has 3 atom stereocenters. The first-order chi connectivity index (χ1) is 46.1. The number of urea groups is 1. The number of ketones is 2. The van der Waals surface area contributed by atoms with E-state index in [4.69, 9.17) is 72.2 Å². The molecule has 8 amide bonds. The monoisotopic (exact) mass is 1430 g/mol. The van der Waals surface area contributed by atoms with Gasteiger partial charge in [0.2, 0.25) is 12.3 Å². The lowest BCUT2D eigenvalue weighted by Crippen LogP contribution is -2.55. The van der Waals surface area contributed by atoms with Crippen LogP contribution in [0, 0.1) is 45.4 Å². The van der Waals surface area contributed by atoms with Gasteiger partial charge in [-0.3, -0.25) is 43.3 Å². The fourth-order valence-electron chi connectivity index (χ4n) is 9.73. The van der Waals surface area contributed by atoms with Gasteiger partial charge in [-0.25, -0.2) is 9.69 Å². The molecule has 0 aliphatic carbocycles. The number of ether oxygens (including phenoxy) is 3. The maximum atomic E-state index is 13.5. The highest BCUT2D eigenvalue weighted by molar-refractivity contribution is 6.43. The number of carbonyl (C=O) groups is 9. The van der Waals surface area contributed by atoms with Gasteiger partial charge in [-0.15, -0.1) is 0 Å². The first-order valence-electron chi connectivity index (χ1n) is 30.9. The molecule has 7 aromatic rings. The lowest BCUT2D eigenvalue weighted by Gasteiger charge is -2.29. The molecule has 9 rings (SSSR count). The fraction of sp³-hybridized carbons (Fsp3) is 0.288. The Morgan fingerprint density at radius 1 is 0.602 bits per heavy atom. The molecule has 3 unspecified atom stereocenters. The minimum Gasteiger partial charge on any atom is -0.483 e. The molecule has 1 saturated heterocycles. The van der Waals surface area contributed by atoms with Crippen LogP contribution in [0.4, 0.5) is 27.5 Å². The van der Waals surface area contributed by atoms with Crippen molar-refractivity contribution in [3.63, 3.8) is 0 Å². The number of nitrogens with one attached hydrogen (secondary N) is 4. The van der Waals surface area contributed by atoms with Crippen molar-refractivity contribution < 1.29 is 57.4 Å². The summed E-state index contributed by atoms with van der Waals surface area (Å²) in [6.45, 7) is 21.5. The predicted molar refractivity (Wildman–Crippen MR) is 383 cm³/mol. The number of anilines is 4. The Kier molecular flexibility index (Phi) is 26.0. The van der Waals surface area contributed by atoms with E-state index < -0.39 is 70.6 Å². The van der Waals surface area contributed by atoms with Gasteiger partial charge in [0, 0.05) is 33.7 Å². The quantitative estimate of drug-likeness (QED) is 0.0436. The zero-order valence-electron chi connectivity index (χ0n) is 56.0. The van der Waals surface area contributed by atoms with E-state index in [9.17, 15) is 43.2 Å². The third kappa shape index (κ3) is 20.2. The Labute approximate surface area is 594 Å². The number of Topliss-reactive ketones (excluding diaryl/α,β-unsaturated/α-hetero) is 2. The average molecular weight is 1430 g/mol. The highest BCUT2D eigenvalue weighted by Crippen LogP contribution is 2.39. The number of carbonyl (C=O) groups excluding carboxylic acids is 9. The second kappa shape index (κ2) is 33.4. The van der Waals surface area contributed by atoms with Crippen molar-refractivity contribution in [3.05, 3.63) is 210 Å². The van der Waals surface area contributed by atoms with E-state index in [0.29, 0.717) is 32.9 Å². The number of imide groups is 1. The number of amidine groups is 1. The predicted octanol–water partition coefficient (Wildman–Crippen LogP) is 15.1. The van der Waals surface area contributed by atoms with E-state index >= 15 is 0 Å². The molecule has 0 radical (unpaired) electrons. The zero-order chi connectivity index (χ0) is 72.1. The highest BCUT2D eigenvalue weighted by atomic mass is 35.5. The summed E-state index contributed by atoms with van der Waals surface area (Å²) < 4.78 is 17.0. The van der Waals surface area contributed by atoms with E-state index in [1.807, 2.05) is 101 Å². The normalized spacial score (nSPS) is 14.2. The van der Waals surface area contributed by atoms with Gasteiger partial charge < -0.3 is 35.5 Å². The van der Waals surface area contributed by atoms with Crippen LogP contribution in [0.3, 0.4) is 0 Å². The standard InChI is InChI=1S/C26H21Cl3N4O4.C26H30ClN3O5.C21H24ClNO3/c1-14-6-7-21(15(2)8-14)37-13-23(34)30-18-5-3-4-16(9-18)26(36)31-22-12-24(35)33(32-22)25-19(28)10-17(27)11-20(25)29;1-6-35-24-23(33)30(25(34)29(24)15-17-10-8-7-9-11-17)20(21(31)26(3,4)5)22(32)28-19-14-16(2)12-13-18(19)27;1-13-6-9-15(10-7-13)26-18(19(24)21(3,4)5)20(25)23-17-12-14(2)8-11-16(17)22/h3-11H,12-13H2,1-2H3,(H,30,34)(H,31,32,36);7-14,20,24H,6,15H2,1-5H3,(H,28,32);6-12,18H,1-5H3,(H,23,25). The molecule has 25 heteroatoms. The second-order valence-corrected chi connectivity index (χ2v) is 27.2. The molecule has 7 aromatic carbocycles. The lowest BCUT2D eigenvalue weighted by atomic mass is 9.85. The van der Waals surface area contributed by atoms with Crippen molar-refractivity contribution in [2.45, 2.75) is 114 Å². The minimum absolute atomic E-state index is 0.0777. The molecule has 0 bridgehead atoms. The number of hydrogen-bond donors (Lipinski definition) is 4. The van der Waals surface area contributed by atoms with Crippen LogP contribution in [0.1, 0.15) is 98.6 Å². The zero-order valence-corrected chi connectivity index (χ0v) is 59.8. The van der Waals surface area contributed by atoms with Gasteiger partial charge in [-0.05, 0) is 137 Å². The molecule has 2 heterocycles. The SMILES string of the molecule is CCOC1C(=O)N(C(C(=O)Nc2cc(C)ccc2Cl)C(=O)C(C)(C)C)C(=O)N1Cc1ccccc1.Cc1ccc(OC(C(=O)Nc2cc(C)ccc2Cl)C(=O)C(C)(C)C)cc1.Cc1ccc(OCC(=O)Nc2cccc(C(=O)NC3=NN(c4c(Cl)cc(Cl)cc4Cl)C(=O)C3)c2)c(C)c1. The van der Waals surface area contributed by atoms with Gasteiger partial charge in [-0.1, -0.05) is 183 Å². The Balaban J connectivity index is 0.000000210. The van der Waals surface area contributed by atoms with Crippen LogP contribution in [0.2, 0.25) is 25.1 Å². The summed E-state index contributed by atoms with van der Waals surface area (Å²) in [5, 5.41) is 17.1. The van der Waals surface area contributed by atoms with Gasteiger partial charge in [0.15, 0.2) is 24.2 Å². The molecule has 2 aliphatic heterocycles. The van der Waals surface area contributed by atoms with Crippen LogP contribution in [0.15, 0.2) is 151 Å². The smallest absolute Gasteiger partial charge is 0.330 e. The van der Waals surface area contributed by atoms with Crippen LogP contribution in [0.25, 0.3) is 0 Å². The van der Waals surface area contributed by atoms with Crippen LogP contribution in [-0.4, -0.2) is 100 Å². The number of hydrogen-bond acceptors (Lipinski definition) is 13. The molecule has 1 fully saturated rings. The summed E-state index contributed by atoms with van der Waals surface area (Å²) in [4.78, 5) is 119. The van der Waals surface area contributed by atoms with Gasteiger partial charge in [0.25, 0.3) is 35.4 Å². The topological polar surface area (TPSA) is 252 Å². The summed E-state index contributed by atoms with van der Waals surface area (Å²) in [6, 6.07) is 39.1. The number of rotatable bonds is 19. The molecular formula is C73H75Cl5N8O12. The minimum atomic E-state index is -1.70. The number of nitrogens with zero attached hydrogens (tertiary/aromatic N) is 4. The number of aryl methyl sites for hydroxylation is 5. The van der Waals surface area contributed by atoms with Crippen molar-refractivity contribution in [2.75, 3.05) is 34.2 Å². The lowest BCUT2D eigenvalue weighted by molar-refractivity contribution is -0.149. The molecular weight excluding hydrogens is 1360 g/mol. The van der Waals surface area contributed by atoms with Gasteiger partial charge >= 0.3 is 6.03 Å². The van der Waals surface area contributed by atoms with Crippen molar-refractivity contribution in [2.24, 2.45) is 15.9 Å². The van der Waals surface area contributed by atoms with Crippen molar-refractivity contribution in [1.82, 2.24) is 15.1 Å². The number of benzene rings is 7. The first-order valence-corrected chi connectivity index (χ1v) is 32.7.